The molecule has 0 amide bonds. The third kappa shape index (κ3) is 1.85. The van der Waals surface area contributed by atoms with Crippen molar-refractivity contribution in [3.8, 4) is 5.75 Å². The molecule has 2 nitrogen and oxygen atoms in total. The van der Waals surface area contributed by atoms with Gasteiger partial charge in [0.15, 0.2) is 0 Å². The molecule has 1 saturated heterocycles. The van der Waals surface area contributed by atoms with E-state index in [2.05, 4.69) is 19.1 Å². The van der Waals surface area contributed by atoms with Crippen LogP contribution in [0.2, 0.25) is 0 Å². The van der Waals surface area contributed by atoms with E-state index >= 15 is 0 Å². The molecule has 3 rings (SSSR count). The fourth-order valence-electron chi connectivity index (χ4n) is 3.01. The maximum absolute atomic E-state index is 6.34. The number of rotatable bonds is 0. The van der Waals surface area contributed by atoms with Crippen LogP contribution in [0.1, 0.15) is 37.8 Å². The van der Waals surface area contributed by atoms with E-state index in [1.165, 1.54) is 17.7 Å². The molecule has 3 heteroatoms. The highest BCUT2D eigenvalue weighted by Crippen LogP contribution is 2.47. The summed E-state index contributed by atoms with van der Waals surface area (Å²) in [5.74, 6) is 2.25. The third-order valence-electron chi connectivity index (χ3n) is 4.05. The second-order valence-corrected chi connectivity index (χ2v) is 6.58. The number of benzene rings is 1. The highest BCUT2D eigenvalue weighted by Gasteiger charge is 2.45. The van der Waals surface area contributed by atoms with Crippen molar-refractivity contribution >= 4 is 11.8 Å². The van der Waals surface area contributed by atoms with E-state index in [0.717, 1.165) is 18.6 Å². The molecular formula is C14H19NOS. The zero-order valence-electron chi connectivity index (χ0n) is 10.2. The van der Waals surface area contributed by atoms with Gasteiger partial charge in [-0.25, -0.2) is 0 Å². The molecule has 2 aliphatic rings. The summed E-state index contributed by atoms with van der Waals surface area (Å²) in [4.78, 5) is 0. The lowest BCUT2D eigenvalue weighted by Gasteiger charge is -2.47. The summed E-state index contributed by atoms with van der Waals surface area (Å²) in [5.41, 5.74) is 7.46. The average molecular weight is 249 g/mol. The van der Waals surface area contributed by atoms with E-state index in [1.807, 2.05) is 23.9 Å². The Morgan fingerprint density at radius 1 is 1.41 bits per heavy atom. The minimum absolute atomic E-state index is 0.0311. The minimum Gasteiger partial charge on any atom is -0.486 e. The Bertz CT molecular complexity index is 422. The largest absolute Gasteiger partial charge is 0.486 e. The molecule has 3 unspecified atom stereocenters. The van der Waals surface area contributed by atoms with Gasteiger partial charge in [-0.05, 0) is 31.6 Å². The van der Waals surface area contributed by atoms with Gasteiger partial charge in [0.1, 0.15) is 11.4 Å². The van der Waals surface area contributed by atoms with Gasteiger partial charge >= 0.3 is 0 Å². The maximum Gasteiger partial charge on any atom is 0.124 e. The summed E-state index contributed by atoms with van der Waals surface area (Å²) in [7, 11) is 0. The molecular weight excluding hydrogens is 230 g/mol. The third-order valence-corrected chi connectivity index (χ3v) is 5.50. The summed E-state index contributed by atoms with van der Waals surface area (Å²) >= 11 is 2.02. The lowest BCUT2D eigenvalue weighted by Crippen LogP contribution is -2.51. The highest BCUT2D eigenvalue weighted by atomic mass is 32.2. The van der Waals surface area contributed by atoms with Crippen molar-refractivity contribution in [2.75, 3.05) is 5.75 Å². The number of nitrogens with two attached hydrogens (primary N) is 1. The van der Waals surface area contributed by atoms with Crippen molar-refractivity contribution in [2.45, 2.75) is 43.1 Å². The number of hydrogen-bond acceptors (Lipinski definition) is 3. The van der Waals surface area contributed by atoms with E-state index in [-0.39, 0.29) is 11.6 Å². The summed E-state index contributed by atoms with van der Waals surface area (Å²) in [6, 6.07) is 8.35. The molecule has 1 fully saturated rings. The Kier molecular flexibility index (Phi) is 2.83. The summed E-state index contributed by atoms with van der Waals surface area (Å²) in [6.07, 6.45) is 3.34. The van der Waals surface area contributed by atoms with Crippen molar-refractivity contribution in [2.24, 2.45) is 5.73 Å². The number of ether oxygens (including phenoxy) is 1. The fraction of sp³-hybridized carbons (Fsp3) is 0.571. The molecule has 0 aliphatic carbocycles. The van der Waals surface area contributed by atoms with Crippen LogP contribution < -0.4 is 10.5 Å². The molecule has 3 atom stereocenters. The van der Waals surface area contributed by atoms with E-state index in [9.17, 15) is 0 Å². The Morgan fingerprint density at radius 2 is 2.24 bits per heavy atom. The van der Waals surface area contributed by atoms with Crippen molar-refractivity contribution < 1.29 is 4.74 Å². The standard InChI is InChI=1S/C14H19NOS/c1-10-14(7-4-8-17-10)9-12(15)11-5-2-3-6-13(11)16-14/h2-3,5-6,10,12H,4,7-9,15H2,1H3. The van der Waals surface area contributed by atoms with Crippen molar-refractivity contribution in [3.05, 3.63) is 29.8 Å². The Hall–Kier alpha value is -0.670. The van der Waals surface area contributed by atoms with Crippen molar-refractivity contribution in [1.29, 1.82) is 0 Å². The second-order valence-electron chi connectivity index (χ2n) is 5.13. The van der Waals surface area contributed by atoms with Gasteiger partial charge in [-0.1, -0.05) is 18.2 Å². The van der Waals surface area contributed by atoms with Crippen LogP contribution in [0.3, 0.4) is 0 Å². The molecule has 0 saturated carbocycles. The number of thioether (sulfide) groups is 1. The smallest absolute Gasteiger partial charge is 0.124 e. The Labute approximate surface area is 107 Å². The molecule has 1 aromatic carbocycles. The number of para-hydroxylation sites is 1. The van der Waals surface area contributed by atoms with Gasteiger partial charge < -0.3 is 10.5 Å². The summed E-state index contributed by atoms with van der Waals surface area (Å²) in [6.45, 7) is 2.28. The minimum atomic E-state index is -0.0311. The van der Waals surface area contributed by atoms with Crippen LogP contribution in [-0.4, -0.2) is 16.6 Å². The van der Waals surface area contributed by atoms with E-state index in [0.29, 0.717) is 5.25 Å². The monoisotopic (exact) mass is 249 g/mol. The second kappa shape index (κ2) is 4.21. The summed E-state index contributed by atoms with van der Waals surface area (Å²) in [5, 5.41) is 0.538. The predicted octanol–water partition coefficient (Wildman–Crippen LogP) is 3.12. The van der Waals surface area contributed by atoms with Gasteiger partial charge in [0.2, 0.25) is 0 Å². The quantitative estimate of drug-likeness (QED) is 0.767. The van der Waals surface area contributed by atoms with Crippen LogP contribution in [0.15, 0.2) is 24.3 Å². The van der Waals surface area contributed by atoms with Gasteiger partial charge in [-0.3, -0.25) is 0 Å². The Morgan fingerprint density at radius 3 is 3.06 bits per heavy atom. The molecule has 2 aliphatic heterocycles. The topological polar surface area (TPSA) is 35.2 Å². The SMILES string of the molecule is CC1SCCCC12CC(N)c1ccccc1O2. The number of fused-ring (bicyclic) bond motifs is 1. The van der Waals surface area contributed by atoms with E-state index in [1.54, 1.807) is 0 Å². The molecule has 1 spiro atoms. The molecule has 0 radical (unpaired) electrons. The highest BCUT2D eigenvalue weighted by molar-refractivity contribution is 8.00. The first-order valence-corrected chi connectivity index (χ1v) is 7.41. The van der Waals surface area contributed by atoms with Crippen LogP contribution in [-0.2, 0) is 0 Å². The van der Waals surface area contributed by atoms with Crippen LogP contribution in [0.5, 0.6) is 5.75 Å². The molecule has 92 valence electrons. The van der Waals surface area contributed by atoms with Crippen molar-refractivity contribution in [1.82, 2.24) is 0 Å². The molecule has 2 N–H and O–H groups in total. The predicted molar refractivity (Wildman–Crippen MR) is 72.5 cm³/mol. The van der Waals surface area contributed by atoms with E-state index < -0.39 is 0 Å². The molecule has 17 heavy (non-hydrogen) atoms. The van der Waals surface area contributed by atoms with Crippen molar-refractivity contribution in [3.63, 3.8) is 0 Å². The zero-order valence-corrected chi connectivity index (χ0v) is 11.0. The first kappa shape index (κ1) is 11.4. The molecule has 1 aromatic rings. The van der Waals surface area contributed by atoms with Gasteiger partial charge in [0.25, 0.3) is 0 Å². The Balaban J connectivity index is 1.97. The van der Waals surface area contributed by atoms with Crippen LogP contribution in [0.4, 0.5) is 0 Å². The van der Waals surface area contributed by atoms with Gasteiger partial charge in [-0.2, -0.15) is 11.8 Å². The zero-order chi connectivity index (χ0) is 11.9. The van der Waals surface area contributed by atoms with Crippen LogP contribution in [0.25, 0.3) is 0 Å². The average Bonchev–Trinajstić information content (AvgIpc) is 2.33. The van der Waals surface area contributed by atoms with Crippen LogP contribution in [0, 0.1) is 0 Å². The van der Waals surface area contributed by atoms with Gasteiger partial charge in [0, 0.05) is 23.3 Å². The van der Waals surface area contributed by atoms with Crippen LogP contribution >= 0.6 is 11.8 Å². The molecule has 0 bridgehead atoms. The number of hydrogen-bond donors (Lipinski definition) is 1. The summed E-state index contributed by atoms with van der Waals surface area (Å²) < 4.78 is 6.34. The normalized spacial score (nSPS) is 36.4. The first-order valence-electron chi connectivity index (χ1n) is 6.36. The van der Waals surface area contributed by atoms with E-state index in [4.69, 9.17) is 10.5 Å². The van der Waals surface area contributed by atoms with Gasteiger partial charge in [-0.15, -0.1) is 0 Å². The molecule has 2 heterocycles. The lowest BCUT2D eigenvalue weighted by atomic mass is 9.82. The first-order chi connectivity index (χ1) is 8.21. The lowest BCUT2D eigenvalue weighted by molar-refractivity contribution is 0.0256. The van der Waals surface area contributed by atoms with Gasteiger partial charge in [0.05, 0.1) is 0 Å². The fourth-order valence-corrected chi connectivity index (χ4v) is 4.24. The maximum atomic E-state index is 6.34. The molecule has 0 aromatic heterocycles.